The van der Waals surface area contributed by atoms with Gasteiger partial charge < -0.3 is 19.5 Å². The summed E-state index contributed by atoms with van der Waals surface area (Å²) in [5, 5.41) is 4.62. The number of methoxy groups -OCH3 is 2. The summed E-state index contributed by atoms with van der Waals surface area (Å²) in [6.45, 7) is 0.661. The number of thiophene rings is 1. The van der Waals surface area contributed by atoms with Crippen molar-refractivity contribution < 1.29 is 23.8 Å². The van der Waals surface area contributed by atoms with E-state index >= 15 is 0 Å². The van der Waals surface area contributed by atoms with E-state index in [0.717, 1.165) is 0 Å². The molecular formula is C17H19NO5S. The molecule has 0 radical (unpaired) electrons. The van der Waals surface area contributed by atoms with E-state index in [9.17, 15) is 9.59 Å². The molecule has 6 nitrogen and oxygen atoms in total. The molecule has 2 aromatic rings. The predicted octanol–water partition coefficient (Wildman–Crippen LogP) is 2.74. The summed E-state index contributed by atoms with van der Waals surface area (Å²) < 4.78 is 15.5. The third kappa shape index (κ3) is 4.73. The second kappa shape index (κ2) is 8.93. The maximum Gasteiger partial charge on any atom is 0.338 e. The molecule has 0 spiro atoms. The largest absolute Gasteiger partial charge is 0.493 e. The number of carbonyl (C=O) groups excluding carboxylic acids is 2. The highest BCUT2D eigenvalue weighted by Gasteiger charge is 2.12. The molecule has 1 aromatic carbocycles. The van der Waals surface area contributed by atoms with Crippen LogP contribution in [0.15, 0.2) is 35.7 Å². The van der Waals surface area contributed by atoms with Crippen molar-refractivity contribution in [3.05, 3.63) is 46.2 Å². The van der Waals surface area contributed by atoms with Gasteiger partial charge in [0.15, 0.2) is 11.5 Å². The van der Waals surface area contributed by atoms with Crippen molar-refractivity contribution >= 4 is 23.2 Å². The molecule has 24 heavy (non-hydrogen) atoms. The third-order valence-corrected chi connectivity index (χ3v) is 4.07. The molecule has 0 unspecified atom stereocenters. The zero-order valence-corrected chi connectivity index (χ0v) is 14.4. The zero-order chi connectivity index (χ0) is 17.4. The summed E-state index contributed by atoms with van der Waals surface area (Å²) >= 11 is 1.38. The van der Waals surface area contributed by atoms with Gasteiger partial charge in [-0.1, -0.05) is 6.07 Å². The van der Waals surface area contributed by atoms with Crippen LogP contribution in [-0.2, 0) is 4.74 Å². The minimum Gasteiger partial charge on any atom is -0.493 e. The maximum atomic E-state index is 12.0. The monoisotopic (exact) mass is 349 g/mol. The molecule has 0 saturated carbocycles. The normalized spacial score (nSPS) is 10.1. The molecule has 0 fully saturated rings. The van der Waals surface area contributed by atoms with Gasteiger partial charge in [-0.2, -0.15) is 0 Å². The Labute approximate surface area is 144 Å². The Hall–Kier alpha value is -2.54. The fourth-order valence-corrected chi connectivity index (χ4v) is 2.62. The molecular weight excluding hydrogens is 330 g/mol. The molecule has 2 rings (SSSR count). The van der Waals surface area contributed by atoms with Gasteiger partial charge in [0.1, 0.15) is 0 Å². The Bertz CT molecular complexity index is 684. The molecule has 0 saturated heterocycles. The van der Waals surface area contributed by atoms with Crippen LogP contribution >= 0.6 is 11.3 Å². The fourth-order valence-electron chi connectivity index (χ4n) is 1.98. The number of nitrogens with one attached hydrogen (secondary N) is 1. The van der Waals surface area contributed by atoms with Crippen LogP contribution in [0.2, 0.25) is 0 Å². The molecule has 0 aliphatic carbocycles. The molecule has 7 heteroatoms. The first-order valence-electron chi connectivity index (χ1n) is 7.36. The summed E-state index contributed by atoms with van der Waals surface area (Å²) in [5.41, 5.74) is 0.385. The van der Waals surface area contributed by atoms with Gasteiger partial charge in [0.2, 0.25) is 0 Å². The summed E-state index contributed by atoms with van der Waals surface area (Å²) in [5.74, 6) is 0.456. The van der Waals surface area contributed by atoms with E-state index in [0.29, 0.717) is 34.9 Å². The van der Waals surface area contributed by atoms with Crippen LogP contribution in [0.5, 0.6) is 11.5 Å². The van der Waals surface area contributed by atoms with Crippen molar-refractivity contribution in [2.75, 3.05) is 27.4 Å². The minimum atomic E-state index is -0.444. The average molecular weight is 349 g/mol. The van der Waals surface area contributed by atoms with E-state index in [4.69, 9.17) is 14.2 Å². The van der Waals surface area contributed by atoms with E-state index < -0.39 is 5.97 Å². The lowest BCUT2D eigenvalue weighted by Gasteiger charge is -2.09. The highest BCUT2D eigenvalue weighted by molar-refractivity contribution is 7.12. The zero-order valence-electron chi connectivity index (χ0n) is 13.5. The van der Waals surface area contributed by atoms with Crippen LogP contribution in [-0.4, -0.2) is 39.2 Å². The highest BCUT2D eigenvalue weighted by Crippen LogP contribution is 2.27. The van der Waals surface area contributed by atoms with Crippen LogP contribution in [0.25, 0.3) is 0 Å². The Morgan fingerprint density at radius 3 is 2.58 bits per heavy atom. The lowest BCUT2D eigenvalue weighted by Crippen LogP contribution is -2.24. The molecule has 1 heterocycles. The van der Waals surface area contributed by atoms with Crippen LogP contribution < -0.4 is 14.8 Å². The SMILES string of the molecule is COc1ccc(C(=O)OCCCNC(=O)c2cccs2)cc1OC. The summed E-state index contributed by atoms with van der Waals surface area (Å²) in [7, 11) is 3.03. The number of amides is 1. The molecule has 1 amide bonds. The van der Waals surface area contributed by atoms with E-state index in [1.807, 2.05) is 11.4 Å². The Balaban J connectivity index is 1.74. The third-order valence-electron chi connectivity index (χ3n) is 3.20. The maximum absolute atomic E-state index is 12.0. The fraction of sp³-hybridized carbons (Fsp3) is 0.294. The number of rotatable bonds is 8. The molecule has 0 atom stereocenters. The van der Waals surface area contributed by atoms with Gasteiger partial charge in [-0.3, -0.25) is 4.79 Å². The standard InChI is InChI=1S/C17H19NO5S/c1-21-13-7-6-12(11-14(13)22-2)17(20)23-9-4-8-18-16(19)15-5-3-10-24-15/h3,5-7,10-11H,4,8-9H2,1-2H3,(H,18,19). The lowest BCUT2D eigenvalue weighted by molar-refractivity contribution is 0.0500. The Morgan fingerprint density at radius 1 is 1.12 bits per heavy atom. The molecule has 0 bridgehead atoms. The van der Waals surface area contributed by atoms with Crippen molar-refractivity contribution in [1.29, 1.82) is 0 Å². The number of hydrogen-bond donors (Lipinski definition) is 1. The number of carbonyl (C=O) groups is 2. The van der Waals surface area contributed by atoms with Crippen LogP contribution in [0.4, 0.5) is 0 Å². The lowest BCUT2D eigenvalue weighted by atomic mass is 10.2. The van der Waals surface area contributed by atoms with Gasteiger partial charge in [-0.25, -0.2) is 4.79 Å². The van der Waals surface area contributed by atoms with Crippen molar-refractivity contribution in [1.82, 2.24) is 5.32 Å². The van der Waals surface area contributed by atoms with Crippen molar-refractivity contribution in [3.8, 4) is 11.5 Å². The molecule has 0 aliphatic heterocycles. The van der Waals surface area contributed by atoms with Crippen molar-refractivity contribution in [2.45, 2.75) is 6.42 Å². The van der Waals surface area contributed by atoms with Crippen LogP contribution in [0.1, 0.15) is 26.5 Å². The first kappa shape index (κ1) is 17.8. The number of ether oxygens (including phenoxy) is 3. The van der Waals surface area contributed by atoms with Gasteiger partial charge in [0.05, 0.1) is 31.3 Å². The van der Waals surface area contributed by atoms with E-state index in [2.05, 4.69) is 5.32 Å². The predicted molar refractivity (Wildman–Crippen MR) is 91.1 cm³/mol. The summed E-state index contributed by atoms with van der Waals surface area (Å²) in [6, 6.07) is 8.42. The quantitative estimate of drug-likeness (QED) is 0.586. The molecule has 0 aliphatic rings. The average Bonchev–Trinajstić information content (AvgIpc) is 3.15. The topological polar surface area (TPSA) is 73.9 Å². The van der Waals surface area contributed by atoms with E-state index in [1.165, 1.54) is 25.6 Å². The number of hydrogen-bond acceptors (Lipinski definition) is 6. The van der Waals surface area contributed by atoms with Gasteiger partial charge in [-0.05, 0) is 36.1 Å². The summed E-state index contributed by atoms with van der Waals surface area (Å²) in [6.07, 6.45) is 0.538. The van der Waals surface area contributed by atoms with Crippen molar-refractivity contribution in [3.63, 3.8) is 0 Å². The first-order chi connectivity index (χ1) is 11.7. The molecule has 128 valence electrons. The second-order valence-electron chi connectivity index (χ2n) is 4.79. The van der Waals surface area contributed by atoms with Gasteiger partial charge in [0, 0.05) is 6.54 Å². The minimum absolute atomic E-state index is 0.115. The first-order valence-corrected chi connectivity index (χ1v) is 8.24. The van der Waals surface area contributed by atoms with Crippen LogP contribution in [0, 0.1) is 0 Å². The smallest absolute Gasteiger partial charge is 0.338 e. The Morgan fingerprint density at radius 2 is 1.92 bits per heavy atom. The van der Waals surface area contributed by atoms with Gasteiger partial charge in [0.25, 0.3) is 5.91 Å². The highest BCUT2D eigenvalue weighted by atomic mass is 32.1. The molecule has 1 aromatic heterocycles. The van der Waals surface area contributed by atoms with E-state index in [-0.39, 0.29) is 12.5 Å². The van der Waals surface area contributed by atoms with E-state index in [1.54, 1.807) is 24.3 Å². The van der Waals surface area contributed by atoms with Crippen LogP contribution in [0.3, 0.4) is 0 Å². The summed E-state index contributed by atoms with van der Waals surface area (Å²) in [4.78, 5) is 24.4. The van der Waals surface area contributed by atoms with Crippen molar-refractivity contribution in [2.24, 2.45) is 0 Å². The van der Waals surface area contributed by atoms with Gasteiger partial charge >= 0.3 is 5.97 Å². The second-order valence-corrected chi connectivity index (χ2v) is 5.74. The number of benzene rings is 1. The van der Waals surface area contributed by atoms with Gasteiger partial charge in [-0.15, -0.1) is 11.3 Å². The molecule has 1 N–H and O–H groups in total. The Kier molecular flexibility index (Phi) is 6.62. The number of esters is 1.